The van der Waals surface area contributed by atoms with Crippen LogP contribution in [0.15, 0.2) is 212 Å². The molecule has 0 bridgehead atoms. The topological polar surface area (TPSA) is 3.24 Å². The van der Waals surface area contributed by atoms with Crippen molar-refractivity contribution in [2.45, 2.75) is 0 Å². The van der Waals surface area contributed by atoms with E-state index in [-0.39, 0.29) is 0 Å². The van der Waals surface area contributed by atoms with E-state index < -0.39 is 0 Å². The van der Waals surface area contributed by atoms with Crippen LogP contribution in [-0.4, -0.2) is 0 Å². The van der Waals surface area contributed by atoms with Gasteiger partial charge in [0, 0.05) is 16.8 Å². The Hall–Kier alpha value is -6.96. The summed E-state index contributed by atoms with van der Waals surface area (Å²) in [5.41, 5.74) is 10.5. The Labute approximate surface area is 309 Å². The second-order valence-electron chi connectivity index (χ2n) is 13.7. The van der Waals surface area contributed by atoms with Crippen LogP contribution in [0.1, 0.15) is 0 Å². The van der Waals surface area contributed by atoms with Gasteiger partial charge in [-0.05, 0) is 102 Å². The van der Waals surface area contributed by atoms with Gasteiger partial charge in [0.25, 0.3) is 0 Å². The summed E-state index contributed by atoms with van der Waals surface area (Å²) in [6.07, 6.45) is 0. The summed E-state index contributed by atoms with van der Waals surface area (Å²) in [7, 11) is 0. The highest BCUT2D eigenvalue weighted by Gasteiger charge is 2.23. The minimum Gasteiger partial charge on any atom is -0.309 e. The number of hydrogen-bond donors (Lipinski definition) is 0. The maximum absolute atomic E-state index is 2.47. The molecule has 10 aromatic rings. The molecular weight excluding hydrogens is 639 g/mol. The SMILES string of the molecule is c1ccc(-c2ccc(N(c3ccccc3-c3cc4ccccc4c4ccccc34)c3ccccc3-c3cc4ccccc4c4ccccc34)cc2)cc1. The Morgan fingerprint density at radius 1 is 0.245 bits per heavy atom. The van der Waals surface area contributed by atoms with Gasteiger partial charge in [0.2, 0.25) is 0 Å². The van der Waals surface area contributed by atoms with Gasteiger partial charge < -0.3 is 4.90 Å². The highest BCUT2D eigenvalue weighted by atomic mass is 15.1. The van der Waals surface area contributed by atoms with Crippen molar-refractivity contribution in [3.05, 3.63) is 212 Å². The van der Waals surface area contributed by atoms with Gasteiger partial charge in [0.15, 0.2) is 0 Å². The van der Waals surface area contributed by atoms with Crippen molar-refractivity contribution < 1.29 is 0 Å². The third-order valence-electron chi connectivity index (χ3n) is 10.6. The maximum atomic E-state index is 2.47. The molecule has 0 radical (unpaired) electrons. The van der Waals surface area contributed by atoms with E-state index in [0.29, 0.717) is 0 Å². The fourth-order valence-electron chi connectivity index (χ4n) is 8.19. The maximum Gasteiger partial charge on any atom is 0.0540 e. The first kappa shape index (κ1) is 30.8. The van der Waals surface area contributed by atoms with Gasteiger partial charge in [-0.1, -0.05) is 176 Å². The van der Waals surface area contributed by atoms with Gasteiger partial charge in [-0.2, -0.15) is 0 Å². The zero-order valence-corrected chi connectivity index (χ0v) is 29.2. The molecule has 0 atom stereocenters. The average Bonchev–Trinajstić information content (AvgIpc) is 3.24. The largest absolute Gasteiger partial charge is 0.309 e. The number of fused-ring (bicyclic) bond motifs is 6. The number of anilines is 3. The Kier molecular flexibility index (Phi) is 7.55. The van der Waals surface area contributed by atoms with Gasteiger partial charge in [0.05, 0.1) is 11.4 Å². The van der Waals surface area contributed by atoms with E-state index in [1.165, 1.54) is 76.5 Å². The van der Waals surface area contributed by atoms with E-state index in [1.807, 2.05) is 0 Å². The first-order valence-corrected chi connectivity index (χ1v) is 18.3. The summed E-state index contributed by atoms with van der Waals surface area (Å²) in [6.45, 7) is 0. The molecule has 0 fully saturated rings. The molecule has 0 aliphatic heterocycles. The van der Waals surface area contributed by atoms with Crippen molar-refractivity contribution in [1.82, 2.24) is 0 Å². The molecular formula is C52H35N. The molecule has 0 aliphatic rings. The molecule has 0 N–H and O–H groups in total. The van der Waals surface area contributed by atoms with Crippen molar-refractivity contribution in [3.8, 4) is 33.4 Å². The first-order valence-electron chi connectivity index (χ1n) is 18.3. The molecule has 248 valence electrons. The molecule has 0 aliphatic carbocycles. The van der Waals surface area contributed by atoms with E-state index in [0.717, 1.165) is 17.1 Å². The van der Waals surface area contributed by atoms with Gasteiger partial charge in [-0.25, -0.2) is 0 Å². The molecule has 0 heterocycles. The number of para-hydroxylation sites is 2. The molecule has 0 unspecified atom stereocenters. The van der Waals surface area contributed by atoms with Crippen LogP contribution in [0.4, 0.5) is 17.1 Å². The molecule has 0 saturated heterocycles. The van der Waals surface area contributed by atoms with Crippen LogP contribution in [0.2, 0.25) is 0 Å². The lowest BCUT2D eigenvalue weighted by Gasteiger charge is -2.30. The smallest absolute Gasteiger partial charge is 0.0540 e. The van der Waals surface area contributed by atoms with Gasteiger partial charge in [-0.15, -0.1) is 0 Å². The van der Waals surface area contributed by atoms with Crippen molar-refractivity contribution in [1.29, 1.82) is 0 Å². The normalized spacial score (nSPS) is 11.4. The second-order valence-corrected chi connectivity index (χ2v) is 13.7. The third kappa shape index (κ3) is 5.34. The summed E-state index contributed by atoms with van der Waals surface area (Å²) in [5, 5.41) is 10.0. The van der Waals surface area contributed by atoms with E-state index in [9.17, 15) is 0 Å². The summed E-state index contributed by atoms with van der Waals surface area (Å²) >= 11 is 0. The Morgan fingerprint density at radius 2 is 0.623 bits per heavy atom. The van der Waals surface area contributed by atoms with Crippen molar-refractivity contribution in [2.75, 3.05) is 4.90 Å². The van der Waals surface area contributed by atoms with Crippen LogP contribution in [0, 0.1) is 0 Å². The van der Waals surface area contributed by atoms with Crippen LogP contribution in [0.25, 0.3) is 76.5 Å². The minimum absolute atomic E-state index is 1.10. The Morgan fingerprint density at radius 3 is 1.13 bits per heavy atom. The lowest BCUT2D eigenvalue weighted by atomic mass is 9.90. The van der Waals surface area contributed by atoms with Crippen LogP contribution < -0.4 is 4.90 Å². The highest BCUT2D eigenvalue weighted by Crippen LogP contribution is 2.48. The molecule has 1 nitrogen and oxygen atoms in total. The van der Waals surface area contributed by atoms with Crippen molar-refractivity contribution in [3.63, 3.8) is 0 Å². The van der Waals surface area contributed by atoms with E-state index in [1.54, 1.807) is 0 Å². The van der Waals surface area contributed by atoms with Crippen LogP contribution in [-0.2, 0) is 0 Å². The quantitative estimate of drug-likeness (QED) is 0.159. The predicted molar refractivity (Wildman–Crippen MR) is 227 cm³/mol. The van der Waals surface area contributed by atoms with E-state index in [2.05, 4.69) is 217 Å². The summed E-state index contributed by atoms with van der Waals surface area (Å²) in [6, 6.07) is 77.3. The lowest BCUT2D eigenvalue weighted by molar-refractivity contribution is 1.29. The molecule has 10 aromatic carbocycles. The number of rotatable bonds is 6. The minimum atomic E-state index is 1.10. The van der Waals surface area contributed by atoms with Crippen molar-refractivity contribution in [2.24, 2.45) is 0 Å². The lowest BCUT2D eigenvalue weighted by Crippen LogP contribution is -2.12. The number of hydrogen-bond acceptors (Lipinski definition) is 1. The van der Waals surface area contributed by atoms with Crippen LogP contribution >= 0.6 is 0 Å². The number of nitrogens with zero attached hydrogens (tertiary/aromatic N) is 1. The van der Waals surface area contributed by atoms with Crippen LogP contribution in [0.5, 0.6) is 0 Å². The molecule has 1 heteroatoms. The molecule has 0 saturated carbocycles. The second kappa shape index (κ2) is 13.0. The summed E-state index contributed by atoms with van der Waals surface area (Å²) < 4.78 is 0. The Bertz CT molecular complexity index is 2780. The molecule has 0 amide bonds. The standard InChI is InChI=1S/C52H35N/c1-2-16-36(17-3-1)37-30-32-40(33-31-37)53(51-28-14-12-26-47(51)49-34-38-18-4-6-20-41(38)43-22-8-10-24-45(43)49)52-29-15-13-27-48(52)50-35-39-19-5-7-21-42(39)44-23-9-11-25-46(44)50/h1-35H. The average molecular weight is 674 g/mol. The zero-order valence-electron chi connectivity index (χ0n) is 29.2. The molecule has 0 spiro atoms. The Balaban J connectivity index is 1.25. The molecule has 0 aromatic heterocycles. The highest BCUT2D eigenvalue weighted by molar-refractivity contribution is 6.17. The first-order chi connectivity index (χ1) is 26.3. The zero-order chi connectivity index (χ0) is 35.1. The fraction of sp³-hybridized carbons (Fsp3) is 0. The van der Waals surface area contributed by atoms with Crippen molar-refractivity contribution >= 4 is 60.2 Å². The van der Waals surface area contributed by atoms with E-state index in [4.69, 9.17) is 0 Å². The number of benzene rings is 10. The van der Waals surface area contributed by atoms with E-state index >= 15 is 0 Å². The fourth-order valence-corrected chi connectivity index (χ4v) is 8.19. The van der Waals surface area contributed by atoms with Gasteiger partial charge in [-0.3, -0.25) is 0 Å². The van der Waals surface area contributed by atoms with Crippen LogP contribution in [0.3, 0.4) is 0 Å². The molecule has 10 rings (SSSR count). The monoisotopic (exact) mass is 673 g/mol. The predicted octanol–water partition coefficient (Wildman–Crippen LogP) is 14.8. The summed E-state index contributed by atoms with van der Waals surface area (Å²) in [4.78, 5) is 2.47. The van der Waals surface area contributed by atoms with Gasteiger partial charge >= 0.3 is 0 Å². The molecule has 53 heavy (non-hydrogen) atoms. The van der Waals surface area contributed by atoms with Gasteiger partial charge in [0.1, 0.15) is 0 Å². The third-order valence-corrected chi connectivity index (χ3v) is 10.6. The summed E-state index contributed by atoms with van der Waals surface area (Å²) in [5.74, 6) is 0.